The van der Waals surface area contributed by atoms with Crippen molar-refractivity contribution in [3.8, 4) is 0 Å². The van der Waals surface area contributed by atoms with Crippen LogP contribution in [0.25, 0.3) is 11.0 Å². The van der Waals surface area contributed by atoms with E-state index >= 15 is 0 Å². The minimum atomic E-state index is -1.24. The number of piperidine rings is 2. The number of carboxylic acids is 1. The summed E-state index contributed by atoms with van der Waals surface area (Å²) < 4.78 is 1.78. The maximum atomic E-state index is 13.3. The lowest BCUT2D eigenvalue weighted by Gasteiger charge is -2.55. The lowest BCUT2D eigenvalue weighted by molar-refractivity contribution is -0.0525. The van der Waals surface area contributed by atoms with Gasteiger partial charge in [0.25, 0.3) is 5.56 Å². The maximum Gasteiger partial charge on any atom is 0.360 e. The van der Waals surface area contributed by atoms with Crippen LogP contribution in [0.2, 0.25) is 0 Å². The Morgan fingerprint density at radius 3 is 2.24 bits per heavy atom. The third kappa shape index (κ3) is 3.71. The number of hydrogen-bond acceptors (Lipinski definition) is 4. The minimum absolute atomic E-state index is 0.0400. The molecule has 0 radical (unpaired) electrons. The monoisotopic (exact) mass is 449 g/mol. The lowest BCUT2D eigenvalue weighted by Crippen LogP contribution is -2.59. The van der Waals surface area contributed by atoms with E-state index in [1.807, 2.05) is 24.3 Å². The molecule has 0 amide bonds. The maximum absolute atomic E-state index is 13.3. The van der Waals surface area contributed by atoms with E-state index in [1.165, 1.54) is 51.4 Å². The molecule has 4 fully saturated rings. The van der Waals surface area contributed by atoms with Crippen molar-refractivity contribution >= 4 is 17.0 Å². The molecule has 3 heterocycles. The van der Waals surface area contributed by atoms with Gasteiger partial charge in [0.05, 0.1) is 11.0 Å². The third-order valence-corrected chi connectivity index (χ3v) is 9.14. The van der Waals surface area contributed by atoms with Gasteiger partial charge in [0.15, 0.2) is 0 Å². The molecule has 2 saturated carbocycles. The molecule has 2 saturated heterocycles. The van der Waals surface area contributed by atoms with Gasteiger partial charge in [-0.15, -0.1) is 0 Å². The molecular weight excluding hydrogens is 414 g/mol. The van der Waals surface area contributed by atoms with E-state index in [1.54, 1.807) is 4.57 Å². The van der Waals surface area contributed by atoms with Crippen molar-refractivity contribution in [1.82, 2.24) is 14.5 Å². The summed E-state index contributed by atoms with van der Waals surface area (Å²) in [6, 6.07) is 9.23. The number of aromatic nitrogens is 2. The number of carbonyl (C=O) groups is 1. The van der Waals surface area contributed by atoms with Crippen molar-refractivity contribution in [3.05, 3.63) is 40.3 Å². The van der Waals surface area contributed by atoms with E-state index in [4.69, 9.17) is 0 Å². The van der Waals surface area contributed by atoms with Gasteiger partial charge in [0.1, 0.15) is 0 Å². The number of para-hydroxylation sites is 2. The summed E-state index contributed by atoms with van der Waals surface area (Å²) in [5, 5.41) is 9.63. The summed E-state index contributed by atoms with van der Waals surface area (Å²) in [6.45, 7) is 2.43. The van der Waals surface area contributed by atoms with Gasteiger partial charge in [-0.3, -0.25) is 9.69 Å². The summed E-state index contributed by atoms with van der Waals surface area (Å²) in [4.78, 5) is 32.1. The fourth-order valence-electron chi connectivity index (χ4n) is 8.24. The highest BCUT2D eigenvalue weighted by atomic mass is 16.4. The van der Waals surface area contributed by atoms with Gasteiger partial charge < -0.3 is 9.67 Å². The van der Waals surface area contributed by atoms with E-state index in [2.05, 4.69) is 16.8 Å². The van der Waals surface area contributed by atoms with Gasteiger partial charge in [-0.25, -0.2) is 9.78 Å². The average molecular weight is 450 g/mol. The summed E-state index contributed by atoms with van der Waals surface area (Å²) in [7, 11) is 0. The summed E-state index contributed by atoms with van der Waals surface area (Å²) in [5.41, 5.74) is 0.566. The molecule has 6 rings (SSSR count). The van der Waals surface area contributed by atoms with Crippen LogP contribution in [0.3, 0.4) is 0 Å². The molecule has 1 aromatic carbocycles. The molecular formula is C27H35N3O3. The Bertz CT molecular complexity index is 1100. The smallest absolute Gasteiger partial charge is 0.360 e. The van der Waals surface area contributed by atoms with Crippen LogP contribution in [-0.4, -0.2) is 43.7 Å². The van der Waals surface area contributed by atoms with E-state index in [-0.39, 0.29) is 11.7 Å². The first-order valence-electron chi connectivity index (χ1n) is 13.0. The van der Waals surface area contributed by atoms with Crippen molar-refractivity contribution in [2.75, 3.05) is 0 Å². The van der Waals surface area contributed by atoms with Gasteiger partial charge in [0, 0.05) is 24.2 Å². The normalized spacial score (nSPS) is 36.6. The van der Waals surface area contributed by atoms with Crippen molar-refractivity contribution < 1.29 is 9.90 Å². The first-order chi connectivity index (χ1) is 16.0. The number of nitrogens with zero attached hydrogens (tertiary/aromatic N) is 3. The standard InChI is InChI=1S/C27H35N3O3/c1-16-9-17-11-18(10-16)13-21(12-17)29-19-5-4-6-20(29)15-22(14-19)30-24-8-3-2-7-23(24)28-25(26(30)31)27(32)33/h2-3,7-8,16-22H,4-6,9-15H2,1H3,(H,32,33)/t16?,17-,18+,19-,20+,21?,22?. The highest BCUT2D eigenvalue weighted by Crippen LogP contribution is 2.48. The van der Waals surface area contributed by atoms with Crippen molar-refractivity contribution in [2.45, 2.75) is 95.3 Å². The van der Waals surface area contributed by atoms with Crippen LogP contribution in [0.5, 0.6) is 0 Å². The molecule has 33 heavy (non-hydrogen) atoms. The quantitative estimate of drug-likeness (QED) is 0.724. The minimum Gasteiger partial charge on any atom is -0.476 e. The second-order valence-corrected chi connectivity index (χ2v) is 11.4. The third-order valence-electron chi connectivity index (χ3n) is 9.14. The molecule has 7 atom stereocenters. The van der Waals surface area contributed by atoms with Gasteiger partial charge in [-0.1, -0.05) is 25.5 Å². The number of fused-ring (bicyclic) bond motifs is 5. The molecule has 6 nitrogen and oxygen atoms in total. The molecule has 1 aromatic heterocycles. The average Bonchev–Trinajstić information content (AvgIpc) is 2.77. The Hall–Kier alpha value is -2.21. The van der Waals surface area contributed by atoms with E-state index in [0.717, 1.165) is 36.1 Å². The van der Waals surface area contributed by atoms with Crippen molar-refractivity contribution in [1.29, 1.82) is 0 Å². The predicted octanol–water partition coefficient (Wildman–Crippen LogP) is 4.87. The van der Waals surface area contributed by atoms with Crippen LogP contribution < -0.4 is 5.56 Å². The Labute approximate surface area is 195 Å². The van der Waals surface area contributed by atoms with E-state index in [9.17, 15) is 14.7 Å². The van der Waals surface area contributed by atoms with Crippen LogP contribution >= 0.6 is 0 Å². The fraction of sp³-hybridized carbons (Fsp3) is 0.667. The zero-order chi connectivity index (χ0) is 22.7. The molecule has 3 unspecified atom stereocenters. The highest BCUT2D eigenvalue weighted by Gasteiger charge is 2.46. The molecule has 2 aromatic rings. The Morgan fingerprint density at radius 1 is 0.909 bits per heavy atom. The highest BCUT2D eigenvalue weighted by molar-refractivity contribution is 5.88. The number of rotatable bonds is 3. The first-order valence-corrected chi connectivity index (χ1v) is 13.0. The molecule has 0 spiro atoms. The summed E-state index contributed by atoms with van der Waals surface area (Å²) in [6.07, 6.45) is 12.4. The van der Waals surface area contributed by atoms with E-state index < -0.39 is 11.5 Å². The second kappa shape index (κ2) is 8.23. The van der Waals surface area contributed by atoms with Crippen LogP contribution in [0.4, 0.5) is 0 Å². The predicted molar refractivity (Wildman–Crippen MR) is 128 cm³/mol. The largest absolute Gasteiger partial charge is 0.476 e. The number of benzene rings is 1. The summed E-state index contributed by atoms with van der Waals surface area (Å²) in [5.74, 6) is 1.43. The van der Waals surface area contributed by atoms with E-state index in [0.29, 0.717) is 23.6 Å². The fourth-order valence-corrected chi connectivity index (χ4v) is 8.24. The topological polar surface area (TPSA) is 75.4 Å². The van der Waals surface area contributed by atoms with Gasteiger partial charge in [-0.05, 0) is 87.7 Å². The molecule has 4 bridgehead atoms. The van der Waals surface area contributed by atoms with Gasteiger partial charge in [-0.2, -0.15) is 0 Å². The molecule has 2 aliphatic heterocycles. The lowest BCUT2D eigenvalue weighted by atomic mass is 9.65. The van der Waals surface area contributed by atoms with Gasteiger partial charge in [0.2, 0.25) is 5.69 Å². The molecule has 2 aliphatic carbocycles. The summed E-state index contributed by atoms with van der Waals surface area (Å²) >= 11 is 0. The second-order valence-electron chi connectivity index (χ2n) is 11.4. The Morgan fingerprint density at radius 2 is 1.58 bits per heavy atom. The van der Waals surface area contributed by atoms with Crippen molar-refractivity contribution in [2.24, 2.45) is 17.8 Å². The zero-order valence-corrected chi connectivity index (χ0v) is 19.5. The SMILES string of the molecule is CC1C[C@@H]2CC(N3[C@@H]4CCC[C@H]3CC(n3c(=O)c(C(=O)O)nc5ccccc53)C4)C[C@H](C1)C2. The molecule has 1 N–H and O–H groups in total. The molecule has 6 heteroatoms. The number of hydrogen-bond donors (Lipinski definition) is 1. The Balaban J connectivity index is 1.33. The van der Waals surface area contributed by atoms with Crippen LogP contribution in [0.15, 0.2) is 29.1 Å². The zero-order valence-electron chi connectivity index (χ0n) is 19.5. The number of carboxylic acid groups (broad SMARTS) is 1. The van der Waals surface area contributed by atoms with Crippen LogP contribution in [-0.2, 0) is 0 Å². The molecule has 176 valence electrons. The number of aromatic carboxylic acids is 1. The van der Waals surface area contributed by atoms with Gasteiger partial charge >= 0.3 is 5.97 Å². The first kappa shape index (κ1) is 21.3. The van der Waals surface area contributed by atoms with Crippen molar-refractivity contribution in [3.63, 3.8) is 0 Å². The van der Waals surface area contributed by atoms with Crippen LogP contribution in [0.1, 0.15) is 87.7 Å². The molecule has 4 aliphatic rings. The Kier molecular flexibility index (Phi) is 5.32. The van der Waals surface area contributed by atoms with Crippen LogP contribution in [0, 0.1) is 17.8 Å².